The Hall–Kier alpha value is -2.87. The zero-order valence-electron chi connectivity index (χ0n) is 20.8. The summed E-state index contributed by atoms with van der Waals surface area (Å²) in [6.07, 6.45) is 0.0136. The number of imide groups is 1. The molecule has 0 aromatic heterocycles. The van der Waals surface area contributed by atoms with Crippen molar-refractivity contribution < 1.29 is 47.3 Å². The van der Waals surface area contributed by atoms with Crippen LogP contribution < -0.4 is 10.6 Å². The van der Waals surface area contributed by atoms with Gasteiger partial charge in [0.2, 0.25) is 0 Å². The Labute approximate surface area is 224 Å². The van der Waals surface area contributed by atoms with Gasteiger partial charge in [0.15, 0.2) is 0 Å². The molecule has 0 saturated heterocycles. The predicted octanol–water partition coefficient (Wildman–Crippen LogP) is 1.22. The van der Waals surface area contributed by atoms with E-state index in [4.69, 9.17) is 35.1 Å². The molecule has 208 valence electrons. The number of hydrogen-bond acceptors (Lipinski definition) is 10. The number of hydrogen-bond donors (Lipinski definition) is 3. The largest absolute Gasteiger partial charge is 0.508 e. The van der Waals surface area contributed by atoms with Gasteiger partial charge < -0.3 is 38.8 Å². The first-order chi connectivity index (χ1) is 18.1. The second-order valence-corrected chi connectivity index (χ2v) is 11.3. The minimum absolute atomic E-state index is 0.00502. The van der Waals surface area contributed by atoms with E-state index in [-0.39, 0.29) is 32.7 Å². The molecule has 1 aromatic carbocycles. The van der Waals surface area contributed by atoms with Crippen molar-refractivity contribution in [2.75, 3.05) is 33.9 Å². The van der Waals surface area contributed by atoms with Gasteiger partial charge in [-0.1, -0.05) is 30.3 Å². The third kappa shape index (κ3) is 8.32. The van der Waals surface area contributed by atoms with Crippen LogP contribution in [0.5, 0.6) is 0 Å². The molecule has 1 heterocycles. The summed E-state index contributed by atoms with van der Waals surface area (Å²) in [6.45, 7) is -3.74. The molecule has 3 rings (SSSR count). The van der Waals surface area contributed by atoms with Crippen LogP contribution in [-0.2, 0) is 51.3 Å². The first-order valence-corrected chi connectivity index (χ1v) is 14.2. The number of nitrogens with one attached hydrogen (secondary N) is 2. The summed E-state index contributed by atoms with van der Waals surface area (Å²) in [6, 6.07) is 7.87. The Morgan fingerprint density at radius 3 is 2.42 bits per heavy atom. The van der Waals surface area contributed by atoms with Crippen LogP contribution in [0.3, 0.4) is 0 Å². The molecular formula is C23H30N3O10PS. The predicted molar refractivity (Wildman–Crippen MR) is 136 cm³/mol. The summed E-state index contributed by atoms with van der Waals surface area (Å²) >= 11 is 4.99. The van der Waals surface area contributed by atoms with Gasteiger partial charge in [-0.15, -0.1) is 0 Å². The number of carbonyl (C=O) groups is 4. The van der Waals surface area contributed by atoms with E-state index in [1.807, 2.05) is 18.2 Å². The molecule has 1 fully saturated rings. The average Bonchev–Trinajstić information content (AvgIpc) is 3.39. The maximum Gasteiger partial charge on any atom is 0.508 e. The molecular weight excluding hydrogens is 541 g/mol. The van der Waals surface area contributed by atoms with E-state index in [0.717, 1.165) is 22.6 Å². The van der Waals surface area contributed by atoms with Gasteiger partial charge in [0, 0.05) is 45.4 Å². The lowest BCUT2D eigenvalue weighted by Crippen LogP contribution is -2.49. The number of rotatable bonds is 12. The zero-order chi connectivity index (χ0) is 27.7. The second kappa shape index (κ2) is 13.8. The van der Waals surface area contributed by atoms with Crippen molar-refractivity contribution in [3.63, 3.8) is 0 Å². The molecule has 4 amide bonds. The van der Waals surface area contributed by atoms with Crippen molar-refractivity contribution >= 4 is 42.5 Å². The fraction of sp³-hybridized carbons (Fsp3) is 0.478. The summed E-state index contributed by atoms with van der Waals surface area (Å²) < 4.78 is 26.5. The van der Waals surface area contributed by atoms with Gasteiger partial charge >= 0.3 is 18.9 Å². The summed E-state index contributed by atoms with van der Waals surface area (Å²) in [7, 11) is 2.61. The molecule has 2 aliphatic rings. The highest BCUT2D eigenvalue weighted by Gasteiger charge is 2.48. The second-order valence-electron chi connectivity index (χ2n) is 8.42. The molecule has 13 nitrogen and oxygen atoms in total. The van der Waals surface area contributed by atoms with Gasteiger partial charge in [-0.2, -0.15) is 0 Å². The number of carbonyl (C=O) groups excluding carboxylic acids is 4. The quantitative estimate of drug-likeness (QED) is 0.188. The zero-order valence-corrected chi connectivity index (χ0v) is 22.5. The van der Waals surface area contributed by atoms with Crippen LogP contribution in [0, 0.1) is 5.92 Å². The van der Waals surface area contributed by atoms with Crippen LogP contribution in [0.25, 0.3) is 0 Å². The van der Waals surface area contributed by atoms with Gasteiger partial charge in [0.25, 0.3) is 11.8 Å². The van der Waals surface area contributed by atoms with Crippen molar-refractivity contribution in [3.8, 4) is 0 Å². The minimum atomic E-state index is -3.64. The number of amides is 4. The first-order valence-electron chi connectivity index (χ1n) is 11.6. The van der Waals surface area contributed by atoms with Crippen molar-refractivity contribution in [1.29, 1.82) is 0 Å². The number of methoxy groups -OCH3 is 1. The van der Waals surface area contributed by atoms with Gasteiger partial charge in [-0.3, -0.25) is 14.5 Å². The van der Waals surface area contributed by atoms with Gasteiger partial charge in [-0.25, -0.2) is 9.59 Å². The van der Waals surface area contributed by atoms with Crippen molar-refractivity contribution in [3.05, 3.63) is 48.0 Å². The highest BCUT2D eigenvalue weighted by Crippen LogP contribution is 2.48. The summed E-state index contributed by atoms with van der Waals surface area (Å²) in [5.74, 6) is -1.43. The summed E-state index contributed by atoms with van der Waals surface area (Å²) in [5.41, 5.74) is 0.789. The maximum absolute atomic E-state index is 12.5. The van der Waals surface area contributed by atoms with E-state index in [9.17, 15) is 24.1 Å². The Balaban J connectivity index is 1.56. The van der Waals surface area contributed by atoms with Crippen LogP contribution in [0.15, 0.2) is 42.5 Å². The molecule has 0 radical (unpaired) electrons. The molecule has 15 heteroatoms. The lowest BCUT2D eigenvalue weighted by atomic mass is 10.1. The molecule has 5 atom stereocenters. The standard InChI is InChI=1S/C23H30N3O10PS/c1-32-21-17(25-22(29)24-10-11-26-18(27)8-9-19(26)28)12-16(20(21)36-37(31,38)33-2)14-35-23(30)34-13-15-6-4-3-5-7-15/h3-9,16-17,20-21H,10-14H2,1-2H3,(H,31,38)(H2,24,25,29)/t16-,17-,20?,21-,37?/m1/s1. The Bertz CT molecular complexity index is 1070. The molecule has 38 heavy (non-hydrogen) atoms. The number of urea groups is 1. The Kier molecular flexibility index (Phi) is 10.8. The summed E-state index contributed by atoms with van der Waals surface area (Å²) in [4.78, 5) is 59.2. The number of nitrogens with zero attached hydrogens (tertiary/aromatic N) is 1. The molecule has 0 bridgehead atoms. The lowest BCUT2D eigenvalue weighted by molar-refractivity contribution is -0.136. The van der Waals surface area contributed by atoms with Crippen LogP contribution in [0.1, 0.15) is 12.0 Å². The van der Waals surface area contributed by atoms with E-state index in [2.05, 4.69) is 10.6 Å². The fourth-order valence-corrected chi connectivity index (χ4v) is 5.11. The van der Waals surface area contributed by atoms with Crippen molar-refractivity contribution in [2.24, 2.45) is 5.92 Å². The van der Waals surface area contributed by atoms with E-state index >= 15 is 0 Å². The van der Waals surface area contributed by atoms with Crippen LogP contribution in [0.4, 0.5) is 9.59 Å². The SMILES string of the molecule is CO[C@H]1C(OP(O)(=S)OC)[C@@H](COC(=O)OCc2ccccc2)C[C@H]1NC(=O)NCCN1C(=O)C=CC1=O. The third-order valence-electron chi connectivity index (χ3n) is 5.95. The highest BCUT2D eigenvalue weighted by atomic mass is 32.5. The Morgan fingerprint density at radius 2 is 1.79 bits per heavy atom. The number of ether oxygens (including phenoxy) is 3. The minimum Gasteiger partial charge on any atom is -0.434 e. The maximum atomic E-state index is 12.5. The summed E-state index contributed by atoms with van der Waals surface area (Å²) in [5, 5.41) is 5.33. The van der Waals surface area contributed by atoms with E-state index in [0.29, 0.717) is 0 Å². The smallest absolute Gasteiger partial charge is 0.434 e. The normalized spacial score (nSPS) is 24.2. The van der Waals surface area contributed by atoms with Crippen molar-refractivity contribution in [1.82, 2.24) is 15.5 Å². The monoisotopic (exact) mass is 571 g/mol. The third-order valence-corrected chi connectivity index (χ3v) is 7.63. The van der Waals surface area contributed by atoms with Crippen molar-refractivity contribution in [2.45, 2.75) is 31.3 Å². The Morgan fingerprint density at radius 1 is 1.11 bits per heavy atom. The molecule has 2 unspecified atom stereocenters. The molecule has 1 aromatic rings. The van der Waals surface area contributed by atoms with E-state index < -0.39 is 54.9 Å². The first kappa shape index (κ1) is 29.7. The van der Waals surface area contributed by atoms with Gasteiger partial charge in [-0.05, 0) is 23.8 Å². The van der Waals surface area contributed by atoms with Gasteiger partial charge in [0.1, 0.15) is 25.4 Å². The van der Waals surface area contributed by atoms with E-state index in [1.165, 1.54) is 14.2 Å². The van der Waals surface area contributed by atoms with Crippen LogP contribution in [0.2, 0.25) is 0 Å². The van der Waals surface area contributed by atoms with Crippen LogP contribution in [-0.4, -0.2) is 86.0 Å². The molecule has 1 aliphatic carbocycles. The van der Waals surface area contributed by atoms with Crippen LogP contribution >= 0.6 is 6.72 Å². The molecule has 0 spiro atoms. The van der Waals surface area contributed by atoms with E-state index in [1.54, 1.807) is 12.1 Å². The topological polar surface area (TPSA) is 162 Å². The number of benzene rings is 1. The molecule has 1 saturated carbocycles. The highest BCUT2D eigenvalue weighted by molar-refractivity contribution is 8.07. The lowest BCUT2D eigenvalue weighted by Gasteiger charge is -2.28. The average molecular weight is 572 g/mol. The molecule has 1 aliphatic heterocycles. The van der Waals surface area contributed by atoms with Gasteiger partial charge in [0.05, 0.1) is 6.04 Å². The fourth-order valence-electron chi connectivity index (χ4n) is 4.12. The molecule has 3 N–H and O–H groups in total.